The lowest BCUT2D eigenvalue weighted by Gasteiger charge is -2.02. The molecule has 2 rings (SSSR count). The first-order valence-electron chi connectivity index (χ1n) is 6.95. The van der Waals surface area contributed by atoms with E-state index in [1.807, 2.05) is 6.07 Å². The molecule has 2 N–H and O–H groups in total. The topological polar surface area (TPSA) is 118 Å². The van der Waals surface area contributed by atoms with Crippen LogP contribution in [-0.4, -0.2) is 50.2 Å². The van der Waals surface area contributed by atoms with Crippen LogP contribution in [0.25, 0.3) is 11.5 Å². The van der Waals surface area contributed by atoms with Crippen molar-refractivity contribution in [2.45, 2.75) is 12.8 Å². The number of carbonyl (C=O) groups excluding carboxylic acids is 1. The van der Waals surface area contributed by atoms with Gasteiger partial charge in [0.1, 0.15) is 5.69 Å². The van der Waals surface area contributed by atoms with E-state index in [-0.39, 0.29) is 18.1 Å². The van der Waals surface area contributed by atoms with Crippen LogP contribution in [0.15, 0.2) is 28.9 Å². The third-order valence-corrected chi connectivity index (χ3v) is 3.67. The van der Waals surface area contributed by atoms with Crippen LogP contribution in [0.3, 0.4) is 0 Å². The predicted octanol–water partition coefficient (Wildman–Crippen LogP) is 0.998. The summed E-state index contributed by atoms with van der Waals surface area (Å²) < 4.78 is 5.09. The van der Waals surface area contributed by atoms with Gasteiger partial charge in [-0.3, -0.25) is 14.6 Å². The Bertz CT molecular complexity index is 647. The molecule has 0 unspecified atom stereocenters. The van der Waals surface area contributed by atoms with Crippen molar-refractivity contribution in [2.24, 2.45) is 0 Å². The number of aryl methyl sites for hydroxylation is 1. The summed E-state index contributed by atoms with van der Waals surface area (Å²) in [5.41, 5.74) is 0.613. The van der Waals surface area contributed by atoms with Crippen LogP contribution in [0.5, 0.6) is 0 Å². The van der Waals surface area contributed by atoms with Crippen LogP contribution in [0, 0.1) is 0 Å². The lowest BCUT2D eigenvalue weighted by Crippen LogP contribution is -2.26. The summed E-state index contributed by atoms with van der Waals surface area (Å²) in [6.45, 7) is 0.430. The number of amides is 1. The number of hydrogen-bond acceptors (Lipinski definition) is 7. The molecule has 0 saturated heterocycles. The summed E-state index contributed by atoms with van der Waals surface area (Å²) >= 11 is 1.26. The molecule has 0 aromatic carbocycles. The minimum Gasteiger partial charge on any atom is -0.481 e. The van der Waals surface area contributed by atoms with Crippen LogP contribution in [0.4, 0.5) is 0 Å². The summed E-state index contributed by atoms with van der Waals surface area (Å²) in [7, 11) is 0. The number of nitrogens with zero attached hydrogens (tertiary/aromatic N) is 3. The van der Waals surface area contributed by atoms with Crippen molar-refractivity contribution in [3.05, 3.63) is 30.3 Å². The molecule has 0 radical (unpaired) electrons. The van der Waals surface area contributed by atoms with Gasteiger partial charge in [-0.25, -0.2) is 0 Å². The molecule has 2 aromatic rings. The molecule has 23 heavy (non-hydrogen) atoms. The largest absolute Gasteiger partial charge is 0.481 e. The molecular weight excluding hydrogens is 320 g/mol. The number of carboxylic acid groups (broad SMARTS) is 1. The Morgan fingerprint density at radius 3 is 2.96 bits per heavy atom. The van der Waals surface area contributed by atoms with E-state index in [0.29, 0.717) is 36.1 Å². The van der Waals surface area contributed by atoms with Gasteiger partial charge < -0.3 is 14.9 Å². The van der Waals surface area contributed by atoms with Crippen LogP contribution in [0.1, 0.15) is 12.3 Å². The number of rotatable bonds is 9. The lowest BCUT2D eigenvalue weighted by atomic mass is 10.3. The van der Waals surface area contributed by atoms with Gasteiger partial charge >= 0.3 is 5.97 Å². The normalized spacial score (nSPS) is 10.4. The number of hydrogen-bond donors (Lipinski definition) is 2. The first-order chi connectivity index (χ1) is 11.1. The molecule has 0 saturated carbocycles. The highest BCUT2D eigenvalue weighted by atomic mass is 32.2. The molecule has 1 amide bonds. The van der Waals surface area contributed by atoms with E-state index < -0.39 is 5.97 Å². The van der Waals surface area contributed by atoms with Crippen LogP contribution >= 0.6 is 11.8 Å². The van der Waals surface area contributed by atoms with E-state index in [1.165, 1.54) is 11.8 Å². The second-order valence-electron chi connectivity index (χ2n) is 4.52. The van der Waals surface area contributed by atoms with E-state index in [0.717, 1.165) is 0 Å². The smallest absolute Gasteiger partial charge is 0.313 e. The summed E-state index contributed by atoms with van der Waals surface area (Å²) in [5.74, 6) is 0.364. The molecule has 0 aliphatic heterocycles. The molecule has 0 bridgehead atoms. The van der Waals surface area contributed by atoms with Crippen molar-refractivity contribution in [3.63, 3.8) is 0 Å². The quantitative estimate of drug-likeness (QED) is 0.651. The minimum absolute atomic E-state index is 0.0359. The van der Waals surface area contributed by atoms with E-state index in [4.69, 9.17) is 9.63 Å². The second-order valence-corrected chi connectivity index (χ2v) is 5.63. The molecule has 8 nitrogen and oxygen atoms in total. The standard InChI is InChI=1S/C14H16N4O4S/c19-11(16-7-8-23-9-13(20)21)4-5-12-17-14(18-22-12)10-3-1-2-6-15-10/h1-3,6H,4-5,7-9H2,(H,16,19)(H,20,21). The van der Waals surface area contributed by atoms with Gasteiger partial charge in [0.2, 0.25) is 17.6 Å². The lowest BCUT2D eigenvalue weighted by molar-refractivity contribution is -0.133. The number of nitrogens with one attached hydrogen (secondary N) is 1. The highest BCUT2D eigenvalue weighted by molar-refractivity contribution is 7.99. The fourth-order valence-corrected chi connectivity index (χ4v) is 2.25. The van der Waals surface area contributed by atoms with Gasteiger partial charge in [0, 0.05) is 31.3 Å². The molecule has 2 heterocycles. The Morgan fingerprint density at radius 2 is 2.22 bits per heavy atom. The number of pyridine rings is 1. The molecule has 0 aliphatic carbocycles. The van der Waals surface area contributed by atoms with Crippen molar-refractivity contribution < 1.29 is 19.2 Å². The predicted molar refractivity (Wildman–Crippen MR) is 83.8 cm³/mol. The zero-order valence-electron chi connectivity index (χ0n) is 12.3. The van der Waals surface area contributed by atoms with E-state index in [2.05, 4.69) is 20.4 Å². The van der Waals surface area contributed by atoms with Gasteiger partial charge in [-0.15, -0.1) is 11.8 Å². The SMILES string of the molecule is O=C(O)CSCCNC(=O)CCc1nc(-c2ccccn2)no1. The number of aliphatic carboxylic acids is 1. The highest BCUT2D eigenvalue weighted by Crippen LogP contribution is 2.12. The second kappa shape index (κ2) is 8.89. The fraction of sp³-hybridized carbons (Fsp3) is 0.357. The van der Waals surface area contributed by atoms with Crippen LogP contribution in [0.2, 0.25) is 0 Å². The molecule has 0 aliphatic rings. The maximum atomic E-state index is 11.7. The summed E-state index contributed by atoms with van der Waals surface area (Å²) in [4.78, 5) is 30.3. The number of thioether (sulfide) groups is 1. The first kappa shape index (κ1) is 16.9. The third kappa shape index (κ3) is 6.07. The maximum Gasteiger partial charge on any atom is 0.313 e. The van der Waals surface area contributed by atoms with Crippen molar-refractivity contribution in [2.75, 3.05) is 18.1 Å². The zero-order valence-corrected chi connectivity index (χ0v) is 13.1. The molecule has 0 atom stereocenters. The van der Waals surface area contributed by atoms with Gasteiger partial charge in [0.25, 0.3) is 0 Å². The molecule has 0 spiro atoms. The van der Waals surface area contributed by atoms with Crippen LogP contribution in [-0.2, 0) is 16.0 Å². The Labute approximate surface area is 136 Å². The van der Waals surface area contributed by atoms with Gasteiger partial charge in [0.15, 0.2) is 0 Å². The van der Waals surface area contributed by atoms with Crippen molar-refractivity contribution in [1.82, 2.24) is 20.4 Å². The van der Waals surface area contributed by atoms with Crippen molar-refractivity contribution in [1.29, 1.82) is 0 Å². The van der Waals surface area contributed by atoms with Gasteiger partial charge in [-0.2, -0.15) is 4.98 Å². The third-order valence-electron chi connectivity index (χ3n) is 2.72. The molecule has 0 fully saturated rings. The average Bonchev–Trinajstić information content (AvgIpc) is 3.02. The van der Waals surface area contributed by atoms with Crippen molar-refractivity contribution in [3.8, 4) is 11.5 Å². The first-order valence-corrected chi connectivity index (χ1v) is 8.11. The van der Waals surface area contributed by atoms with Gasteiger partial charge in [-0.05, 0) is 12.1 Å². The number of aromatic nitrogens is 3. The molecule has 2 aromatic heterocycles. The fourth-order valence-electron chi connectivity index (χ4n) is 1.69. The Balaban J connectivity index is 1.69. The van der Waals surface area contributed by atoms with E-state index >= 15 is 0 Å². The summed E-state index contributed by atoms with van der Waals surface area (Å²) in [6, 6.07) is 5.40. The minimum atomic E-state index is -0.860. The Morgan fingerprint density at radius 1 is 1.35 bits per heavy atom. The molecular formula is C14H16N4O4S. The monoisotopic (exact) mass is 336 g/mol. The molecule has 9 heteroatoms. The summed E-state index contributed by atoms with van der Waals surface area (Å²) in [6.07, 6.45) is 2.21. The number of carbonyl (C=O) groups is 2. The zero-order chi connectivity index (χ0) is 16.5. The highest BCUT2D eigenvalue weighted by Gasteiger charge is 2.11. The van der Waals surface area contributed by atoms with Crippen molar-refractivity contribution >= 4 is 23.6 Å². The average molecular weight is 336 g/mol. The van der Waals surface area contributed by atoms with Gasteiger partial charge in [0.05, 0.1) is 5.75 Å². The van der Waals surface area contributed by atoms with E-state index in [1.54, 1.807) is 18.3 Å². The molecule has 122 valence electrons. The Kier molecular flexibility index (Phi) is 6.55. The van der Waals surface area contributed by atoms with Crippen LogP contribution < -0.4 is 5.32 Å². The number of carboxylic acids is 1. The Hall–Kier alpha value is -2.42. The summed E-state index contributed by atoms with van der Waals surface area (Å²) in [5, 5.41) is 15.0. The maximum absolute atomic E-state index is 11.7. The van der Waals surface area contributed by atoms with Gasteiger partial charge in [-0.1, -0.05) is 11.2 Å². The van der Waals surface area contributed by atoms with E-state index in [9.17, 15) is 9.59 Å².